The Morgan fingerprint density at radius 1 is 1.33 bits per heavy atom. The second-order valence-electron chi connectivity index (χ2n) is 5.49. The van der Waals surface area contributed by atoms with E-state index in [-0.39, 0.29) is 5.56 Å². The number of aromatic nitrogens is 1. The molecule has 2 unspecified atom stereocenters. The van der Waals surface area contributed by atoms with Gasteiger partial charge in [-0.3, -0.25) is 0 Å². The molecule has 0 aliphatic heterocycles. The highest BCUT2D eigenvalue weighted by molar-refractivity contribution is 5.88. The topological polar surface area (TPSA) is 62.2 Å². The molecule has 1 heterocycles. The van der Waals surface area contributed by atoms with E-state index in [1.807, 2.05) is 0 Å². The van der Waals surface area contributed by atoms with E-state index in [0.29, 0.717) is 23.7 Å². The summed E-state index contributed by atoms with van der Waals surface area (Å²) in [6.07, 6.45) is 5.08. The predicted octanol–water partition coefficient (Wildman–Crippen LogP) is 3.02. The quantitative estimate of drug-likeness (QED) is 0.863. The third-order valence-electron chi connectivity index (χ3n) is 3.54. The monoisotopic (exact) mass is 248 g/mol. The van der Waals surface area contributed by atoms with Crippen LogP contribution < -0.4 is 5.32 Å². The van der Waals surface area contributed by atoms with Gasteiger partial charge in [-0.05, 0) is 43.2 Å². The first-order chi connectivity index (χ1) is 8.54. The zero-order valence-electron chi connectivity index (χ0n) is 10.9. The van der Waals surface area contributed by atoms with Crippen LogP contribution in [0.4, 0.5) is 5.82 Å². The number of carbonyl (C=O) groups is 1. The molecule has 0 bridgehead atoms. The van der Waals surface area contributed by atoms with Gasteiger partial charge in [-0.15, -0.1) is 0 Å². The Bertz CT molecular complexity index is 424. The van der Waals surface area contributed by atoms with Crippen LogP contribution in [0.1, 0.15) is 43.5 Å². The van der Waals surface area contributed by atoms with Gasteiger partial charge in [0.15, 0.2) is 0 Å². The number of pyridine rings is 1. The van der Waals surface area contributed by atoms with Crippen molar-refractivity contribution in [2.45, 2.75) is 39.2 Å². The Kier molecular flexibility index (Phi) is 3.84. The van der Waals surface area contributed by atoms with Crippen molar-refractivity contribution in [3.05, 3.63) is 23.9 Å². The summed E-state index contributed by atoms with van der Waals surface area (Å²) >= 11 is 0. The minimum atomic E-state index is -0.911. The molecule has 0 saturated heterocycles. The molecule has 1 aliphatic carbocycles. The molecule has 98 valence electrons. The van der Waals surface area contributed by atoms with E-state index in [4.69, 9.17) is 5.11 Å². The molecule has 1 aromatic rings. The van der Waals surface area contributed by atoms with E-state index < -0.39 is 5.97 Å². The zero-order valence-corrected chi connectivity index (χ0v) is 10.9. The maximum absolute atomic E-state index is 10.9. The summed E-state index contributed by atoms with van der Waals surface area (Å²) in [6, 6.07) is 3.52. The van der Waals surface area contributed by atoms with Crippen molar-refractivity contribution in [2.75, 3.05) is 5.32 Å². The van der Waals surface area contributed by atoms with Crippen molar-refractivity contribution >= 4 is 11.8 Å². The molecule has 4 nitrogen and oxygen atoms in total. The maximum atomic E-state index is 10.9. The van der Waals surface area contributed by atoms with Gasteiger partial charge in [-0.2, -0.15) is 0 Å². The molecule has 0 amide bonds. The molecule has 2 rings (SSSR count). The number of carboxylic acid groups (broad SMARTS) is 1. The lowest BCUT2D eigenvalue weighted by Gasteiger charge is -2.32. The highest BCUT2D eigenvalue weighted by Crippen LogP contribution is 2.30. The average molecular weight is 248 g/mol. The van der Waals surface area contributed by atoms with Gasteiger partial charge in [0.2, 0.25) is 0 Å². The van der Waals surface area contributed by atoms with Crippen molar-refractivity contribution in [3.8, 4) is 0 Å². The highest BCUT2D eigenvalue weighted by Gasteiger charge is 2.24. The SMILES string of the molecule is CC1CC(C)CC(Nc2cc(C(=O)O)ccn2)C1. The second-order valence-corrected chi connectivity index (χ2v) is 5.49. The lowest BCUT2D eigenvalue weighted by molar-refractivity contribution is 0.0697. The van der Waals surface area contributed by atoms with Crippen molar-refractivity contribution in [1.82, 2.24) is 4.98 Å². The van der Waals surface area contributed by atoms with Crippen LogP contribution in [0.5, 0.6) is 0 Å². The Labute approximate surface area is 107 Å². The third-order valence-corrected chi connectivity index (χ3v) is 3.54. The molecule has 1 fully saturated rings. The normalized spacial score (nSPS) is 27.8. The lowest BCUT2D eigenvalue weighted by Crippen LogP contribution is -2.30. The predicted molar refractivity (Wildman–Crippen MR) is 70.8 cm³/mol. The molecule has 18 heavy (non-hydrogen) atoms. The summed E-state index contributed by atoms with van der Waals surface area (Å²) in [5.41, 5.74) is 0.282. The largest absolute Gasteiger partial charge is 0.478 e. The van der Waals surface area contributed by atoms with Crippen LogP contribution in [0.3, 0.4) is 0 Å². The fourth-order valence-electron chi connectivity index (χ4n) is 2.92. The third kappa shape index (κ3) is 3.22. The lowest BCUT2D eigenvalue weighted by atomic mass is 9.80. The van der Waals surface area contributed by atoms with E-state index in [1.54, 1.807) is 12.3 Å². The molecule has 1 aromatic heterocycles. The molecule has 2 N–H and O–H groups in total. The summed E-state index contributed by atoms with van der Waals surface area (Å²) in [5.74, 6) is 1.19. The number of nitrogens with zero attached hydrogens (tertiary/aromatic N) is 1. The van der Waals surface area contributed by atoms with Crippen LogP contribution in [-0.4, -0.2) is 22.1 Å². The number of anilines is 1. The van der Waals surface area contributed by atoms with Crippen LogP contribution in [0.25, 0.3) is 0 Å². The van der Waals surface area contributed by atoms with Crippen LogP contribution in [0.15, 0.2) is 18.3 Å². The highest BCUT2D eigenvalue weighted by atomic mass is 16.4. The molecule has 2 atom stereocenters. The second kappa shape index (κ2) is 5.38. The van der Waals surface area contributed by atoms with Gasteiger partial charge in [0.1, 0.15) is 5.82 Å². The minimum Gasteiger partial charge on any atom is -0.478 e. The van der Waals surface area contributed by atoms with Gasteiger partial charge in [-0.1, -0.05) is 13.8 Å². The first-order valence-electron chi connectivity index (χ1n) is 6.50. The summed E-state index contributed by atoms with van der Waals surface area (Å²) in [4.78, 5) is 15.1. The molecular weight excluding hydrogens is 228 g/mol. The number of carboxylic acids is 1. The molecule has 1 saturated carbocycles. The van der Waals surface area contributed by atoms with Crippen LogP contribution >= 0.6 is 0 Å². The Morgan fingerprint density at radius 3 is 2.61 bits per heavy atom. The van der Waals surface area contributed by atoms with E-state index in [1.165, 1.54) is 12.5 Å². The van der Waals surface area contributed by atoms with Gasteiger partial charge in [0.25, 0.3) is 0 Å². The molecular formula is C14H20N2O2. The van der Waals surface area contributed by atoms with Crippen LogP contribution in [-0.2, 0) is 0 Å². The zero-order chi connectivity index (χ0) is 13.1. The summed E-state index contributed by atoms with van der Waals surface area (Å²) in [5, 5.41) is 12.3. The molecule has 4 heteroatoms. The van der Waals surface area contributed by atoms with Crippen molar-refractivity contribution in [1.29, 1.82) is 0 Å². The molecule has 0 spiro atoms. The summed E-state index contributed by atoms with van der Waals surface area (Å²) in [6.45, 7) is 4.54. The number of aromatic carboxylic acids is 1. The van der Waals surface area contributed by atoms with E-state index in [0.717, 1.165) is 12.8 Å². The Hall–Kier alpha value is -1.58. The number of rotatable bonds is 3. The fraction of sp³-hybridized carbons (Fsp3) is 0.571. The molecule has 0 radical (unpaired) electrons. The van der Waals surface area contributed by atoms with Crippen molar-refractivity contribution < 1.29 is 9.90 Å². The number of hydrogen-bond acceptors (Lipinski definition) is 3. The Balaban J connectivity index is 2.04. The van der Waals surface area contributed by atoms with E-state index >= 15 is 0 Å². The molecule has 1 aliphatic rings. The van der Waals surface area contributed by atoms with Crippen molar-refractivity contribution in [2.24, 2.45) is 11.8 Å². The van der Waals surface area contributed by atoms with E-state index in [9.17, 15) is 4.79 Å². The van der Waals surface area contributed by atoms with Gasteiger partial charge in [0.05, 0.1) is 5.56 Å². The summed E-state index contributed by atoms with van der Waals surface area (Å²) < 4.78 is 0. The van der Waals surface area contributed by atoms with Crippen LogP contribution in [0, 0.1) is 11.8 Å². The maximum Gasteiger partial charge on any atom is 0.335 e. The van der Waals surface area contributed by atoms with Crippen LogP contribution in [0.2, 0.25) is 0 Å². The fourth-order valence-corrected chi connectivity index (χ4v) is 2.92. The van der Waals surface area contributed by atoms with Gasteiger partial charge in [0, 0.05) is 12.2 Å². The summed E-state index contributed by atoms with van der Waals surface area (Å²) in [7, 11) is 0. The van der Waals surface area contributed by atoms with Gasteiger partial charge >= 0.3 is 5.97 Å². The first kappa shape index (κ1) is 12.9. The molecule has 0 aromatic carbocycles. The van der Waals surface area contributed by atoms with Gasteiger partial charge < -0.3 is 10.4 Å². The number of hydrogen-bond donors (Lipinski definition) is 2. The number of nitrogens with one attached hydrogen (secondary N) is 1. The average Bonchev–Trinajstić information content (AvgIpc) is 2.27. The van der Waals surface area contributed by atoms with E-state index in [2.05, 4.69) is 24.1 Å². The van der Waals surface area contributed by atoms with Gasteiger partial charge in [-0.25, -0.2) is 9.78 Å². The Morgan fingerprint density at radius 2 is 2.00 bits per heavy atom. The van der Waals surface area contributed by atoms with Crippen molar-refractivity contribution in [3.63, 3.8) is 0 Å². The first-order valence-corrected chi connectivity index (χ1v) is 6.50. The minimum absolute atomic E-state index is 0.282. The standard InChI is InChI=1S/C14H20N2O2/c1-9-5-10(2)7-12(6-9)16-13-8-11(14(17)18)3-4-15-13/h3-4,8-10,12H,5-7H2,1-2H3,(H,15,16)(H,17,18). The smallest absolute Gasteiger partial charge is 0.335 e.